The van der Waals surface area contributed by atoms with Crippen molar-refractivity contribution in [2.24, 2.45) is 0 Å². The summed E-state index contributed by atoms with van der Waals surface area (Å²) in [6.45, 7) is 3.44. The lowest BCUT2D eigenvalue weighted by atomic mass is 10.1. The van der Waals surface area contributed by atoms with E-state index in [4.69, 9.17) is 15.1 Å². The number of hydrogen-bond donors (Lipinski definition) is 5. The molecule has 12 heteroatoms. The van der Waals surface area contributed by atoms with Crippen molar-refractivity contribution < 1.29 is 14.6 Å². The second-order valence-electron chi connectivity index (χ2n) is 9.94. The van der Waals surface area contributed by atoms with Gasteiger partial charge in [-0.25, -0.2) is 24.7 Å². The number of nitrogens with zero attached hydrogens (tertiary/aromatic N) is 5. The quantitative estimate of drug-likeness (QED) is 0.111. The van der Waals surface area contributed by atoms with E-state index in [1.807, 2.05) is 18.2 Å². The van der Waals surface area contributed by atoms with Gasteiger partial charge in [0.25, 0.3) is 0 Å². The van der Waals surface area contributed by atoms with Crippen LogP contribution in [0.15, 0.2) is 61.2 Å². The van der Waals surface area contributed by atoms with Gasteiger partial charge in [-0.2, -0.15) is 0 Å². The smallest absolute Gasteiger partial charge is 0.326 e. The molecule has 0 bridgehead atoms. The predicted molar refractivity (Wildman–Crippen MR) is 163 cm³/mol. The number of aliphatic carboxylic acids is 1. The summed E-state index contributed by atoms with van der Waals surface area (Å²) >= 11 is 0. The van der Waals surface area contributed by atoms with Crippen LogP contribution in [0, 0.1) is 5.41 Å². The van der Waals surface area contributed by atoms with Crippen molar-refractivity contribution in [2.45, 2.75) is 44.6 Å². The largest absolute Gasteiger partial charge is 0.480 e. The van der Waals surface area contributed by atoms with E-state index in [0.717, 1.165) is 62.9 Å². The molecule has 222 valence electrons. The summed E-state index contributed by atoms with van der Waals surface area (Å²) in [4.78, 5) is 31.6. The Bertz CT molecular complexity index is 1310. The molecule has 0 amide bonds. The number of ether oxygens (including phenoxy) is 1. The van der Waals surface area contributed by atoms with Crippen LogP contribution in [0.4, 0.5) is 17.5 Å². The van der Waals surface area contributed by atoms with Gasteiger partial charge in [0.15, 0.2) is 0 Å². The maximum absolute atomic E-state index is 12.1. The summed E-state index contributed by atoms with van der Waals surface area (Å²) in [6, 6.07) is 10.7. The molecule has 4 rings (SSSR count). The average Bonchev–Trinajstić information content (AvgIpc) is 3.01. The van der Waals surface area contributed by atoms with E-state index >= 15 is 0 Å². The van der Waals surface area contributed by atoms with Gasteiger partial charge >= 0.3 is 5.97 Å². The first-order valence-electron chi connectivity index (χ1n) is 14.3. The minimum Gasteiger partial charge on any atom is -0.480 e. The van der Waals surface area contributed by atoms with Crippen molar-refractivity contribution in [3.8, 4) is 5.88 Å². The minimum absolute atomic E-state index is 0.372. The number of carboxylic acid groups (broad SMARTS) is 1. The molecule has 0 fully saturated rings. The first kappa shape index (κ1) is 30.4. The van der Waals surface area contributed by atoms with Gasteiger partial charge < -0.3 is 31.2 Å². The molecule has 0 aliphatic carbocycles. The van der Waals surface area contributed by atoms with Gasteiger partial charge in [-0.05, 0) is 68.8 Å². The van der Waals surface area contributed by atoms with E-state index in [1.54, 1.807) is 18.5 Å². The van der Waals surface area contributed by atoms with Crippen molar-refractivity contribution >= 4 is 29.6 Å². The number of aryl methyl sites for hydroxylation is 2. The average molecular weight is 574 g/mol. The molecule has 12 nitrogen and oxygen atoms in total. The lowest BCUT2D eigenvalue weighted by Gasteiger charge is -2.24. The van der Waals surface area contributed by atoms with Crippen LogP contribution in [0.2, 0.25) is 0 Å². The van der Waals surface area contributed by atoms with Crippen LogP contribution in [0.1, 0.15) is 36.9 Å². The van der Waals surface area contributed by atoms with E-state index in [-0.39, 0.29) is 0 Å². The number of carbonyl (C=O) groups is 1. The van der Waals surface area contributed by atoms with Crippen LogP contribution in [0.25, 0.3) is 0 Å². The highest BCUT2D eigenvalue weighted by molar-refractivity contribution is 5.77. The molecule has 4 heterocycles. The number of unbranched alkanes of at least 4 members (excludes halogenated alkanes) is 1. The fourth-order valence-corrected chi connectivity index (χ4v) is 4.64. The second-order valence-corrected chi connectivity index (χ2v) is 9.94. The molecule has 1 atom stereocenters. The van der Waals surface area contributed by atoms with Crippen molar-refractivity contribution in [1.29, 1.82) is 5.41 Å². The number of aromatic nitrogens is 4. The van der Waals surface area contributed by atoms with Crippen molar-refractivity contribution in [3.63, 3.8) is 0 Å². The number of carboxylic acids is 1. The van der Waals surface area contributed by atoms with Gasteiger partial charge in [-0.15, -0.1) is 0 Å². The molecule has 3 aromatic rings. The van der Waals surface area contributed by atoms with Crippen molar-refractivity contribution in [1.82, 2.24) is 24.8 Å². The number of anilines is 3. The lowest BCUT2D eigenvalue weighted by Crippen LogP contribution is -2.37. The zero-order valence-corrected chi connectivity index (χ0v) is 23.7. The molecule has 0 spiro atoms. The molecular weight excluding hydrogens is 534 g/mol. The summed E-state index contributed by atoms with van der Waals surface area (Å²) in [7, 11) is 0. The monoisotopic (exact) mass is 573 g/mol. The number of hydrogen-bond acceptors (Lipinski definition) is 11. The molecule has 1 aliphatic rings. The van der Waals surface area contributed by atoms with E-state index in [1.165, 1.54) is 18.0 Å². The molecule has 42 heavy (non-hydrogen) atoms. The molecule has 0 unspecified atom stereocenters. The van der Waals surface area contributed by atoms with Crippen molar-refractivity contribution in [2.75, 3.05) is 48.7 Å². The third kappa shape index (κ3) is 10.1. The Hall–Kier alpha value is -4.58. The molecule has 0 saturated carbocycles. The highest BCUT2D eigenvalue weighted by Crippen LogP contribution is 2.20. The molecule has 0 aromatic carbocycles. The molecule has 3 aromatic heterocycles. The van der Waals surface area contributed by atoms with E-state index in [9.17, 15) is 9.90 Å². The third-order valence-corrected chi connectivity index (χ3v) is 6.85. The van der Waals surface area contributed by atoms with E-state index in [0.29, 0.717) is 43.6 Å². The Morgan fingerprint density at radius 1 is 1.14 bits per heavy atom. The summed E-state index contributed by atoms with van der Waals surface area (Å²) in [5.41, 5.74) is 2.38. The zero-order valence-electron chi connectivity index (χ0n) is 23.7. The zero-order chi connectivity index (χ0) is 29.4. The maximum Gasteiger partial charge on any atom is 0.326 e. The van der Waals surface area contributed by atoms with Gasteiger partial charge in [-0.3, -0.25) is 4.90 Å². The summed E-state index contributed by atoms with van der Waals surface area (Å²) in [5, 5.41) is 26.3. The van der Waals surface area contributed by atoms with Gasteiger partial charge in [0.1, 0.15) is 36.4 Å². The van der Waals surface area contributed by atoms with Crippen LogP contribution in [-0.4, -0.2) is 81.0 Å². The Kier molecular flexibility index (Phi) is 12.0. The highest BCUT2D eigenvalue weighted by Gasteiger charge is 2.20. The predicted octanol–water partition coefficient (Wildman–Crippen LogP) is 3.86. The summed E-state index contributed by atoms with van der Waals surface area (Å²) in [5.74, 6) is 1.53. The summed E-state index contributed by atoms with van der Waals surface area (Å²) < 4.78 is 5.82. The van der Waals surface area contributed by atoms with Crippen LogP contribution in [0.5, 0.6) is 5.88 Å². The fourth-order valence-electron chi connectivity index (χ4n) is 4.64. The third-order valence-electron chi connectivity index (χ3n) is 6.85. The molecule has 5 N–H and O–H groups in total. The van der Waals surface area contributed by atoms with Crippen molar-refractivity contribution in [3.05, 3.63) is 72.5 Å². The van der Waals surface area contributed by atoms with Gasteiger partial charge in [0, 0.05) is 56.1 Å². The standard InChI is InChI=1S/C30H39N9O3/c31-13-6-16-32-26-21-27(36-22-35-26)38-25(30(40)41)12-18-39(19-20-42-28-9-1-3-14-33-28)17-4-2-8-24-11-10-23-7-5-15-34-29(23)37-24/h1,3,6,9-11,13-14,16,21-22,25,31H,2,4-5,7-8,12,15,17-20H2,(H,34,37)(H,40,41)(H2,32,35,36,38)/b16-6-,31-13?/t25-/m0/s1. The first-order valence-corrected chi connectivity index (χ1v) is 14.3. The first-order chi connectivity index (χ1) is 20.6. The van der Waals surface area contributed by atoms with Gasteiger partial charge in [0.2, 0.25) is 5.88 Å². The van der Waals surface area contributed by atoms with E-state index in [2.05, 4.69) is 47.9 Å². The van der Waals surface area contributed by atoms with Crippen LogP contribution in [0.3, 0.4) is 0 Å². The topological polar surface area (TPSA) is 161 Å². The second kappa shape index (κ2) is 16.6. The van der Waals surface area contributed by atoms with Crippen LogP contribution >= 0.6 is 0 Å². The summed E-state index contributed by atoms with van der Waals surface area (Å²) in [6.07, 6.45) is 12.7. The van der Waals surface area contributed by atoms with Gasteiger partial charge in [0.05, 0.1) is 0 Å². The lowest BCUT2D eigenvalue weighted by molar-refractivity contribution is -0.138. The Morgan fingerprint density at radius 3 is 2.88 bits per heavy atom. The fraction of sp³-hybridized carbons (Fsp3) is 0.400. The Morgan fingerprint density at radius 2 is 2.05 bits per heavy atom. The molecule has 0 saturated heterocycles. The number of rotatable bonds is 18. The maximum atomic E-state index is 12.1. The highest BCUT2D eigenvalue weighted by atomic mass is 16.5. The van der Waals surface area contributed by atoms with Crippen LogP contribution in [-0.2, 0) is 17.6 Å². The number of pyridine rings is 2. The number of allylic oxidation sites excluding steroid dienone is 1. The van der Waals surface area contributed by atoms with E-state index < -0.39 is 12.0 Å². The Balaban J connectivity index is 1.31. The minimum atomic E-state index is -0.955. The van der Waals surface area contributed by atoms with Gasteiger partial charge in [-0.1, -0.05) is 12.1 Å². The molecular formula is C30H39N9O3. The number of nitrogens with one attached hydrogen (secondary N) is 4. The molecule has 1 aliphatic heterocycles. The van der Waals surface area contributed by atoms with Crippen LogP contribution < -0.4 is 20.7 Å². The molecule has 0 radical (unpaired) electrons. The Labute approximate surface area is 246 Å². The SMILES string of the molecule is N=C/C=C\Nc1cc(N[C@@H](CCN(CCCCc2ccc3c(n2)NCCC3)CCOc2ccccn2)C(=O)O)ncn1. The number of fused-ring (bicyclic) bond motifs is 1. The normalized spacial score (nSPS) is 13.3.